The third-order valence-corrected chi connectivity index (χ3v) is 5.36. The molecule has 1 aromatic rings. The van der Waals surface area contributed by atoms with Crippen molar-refractivity contribution in [1.82, 2.24) is 4.90 Å². The number of benzene rings is 1. The molecule has 122 valence electrons. The summed E-state index contributed by atoms with van der Waals surface area (Å²) in [7, 11) is 0. The minimum absolute atomic E-state index is 0.137. The van der Waals surface area contributed by atoms with Gasteiger partial charge in [-0.2, -0.15) is 4.99 Å². The maximum Gasteiger partial charge on any atom is 0.262 e. The average molecular weight is 331 g/mol. The second-order valence-corrected chi connectivity index (χ2v) is 7.27. The molecule has 2 aliphatic heterocycles. The van der Waals surface area contributed by atoms with Crippen LogP contribution in [-0.2, 0) is 9.59 Å². The molecule has 0 radical (unpaired) electrons. The van der Waals surface area contributed by atoms with Crippen LogP contribution in [0.15, 0.2) is 23.2 Å². The van der Waals surface area contributed by atoms with Crippen LogP contribution in [0.4, 0.5) is 5.69 Å². The number of carbonyl (C=O) groups is 2. The number of amidine groups is 1. The molecule has 1 N–H and O–H groups in total. The number of rotatable bonds is 3. The predicted octanol–water partition coefficient (Wildman–Crippen LogP) is 2.73. The Bertz CT molecular complexity index is 666. The van der Waals surface area contributed by atoms with Gasteiger partial charge in [-0.25, -0.2) is 0 Å². The Kier molecular flexibility index (Phi) is 4.71. The molecule has 0 aromatic heterocycles. The van der Waals surface area contributed by atoms with Crippen molar-refractivity contribution in [3.05, 3.63) is 29.3 Å². The van der Waals surface area contributed by atoms with Crippen molar-refractivity contribution in [3.63, 3.8) is 0 Å². The van der Waals surface area contributed by atoms with Crippen LogP contribution < -0.4 is 5.32 Å². The molecular weight excluding hydrogens is 310 g/mol. The van der Waals surface area contributed by atoms with Gasteiger partial charge in [0.15, 0.2) is 5.17 Å². The maximum atomic E-state index is 12.3. The summed E-state index contributed by atoms with van der Waals surface area (Å²) < 4.78 is 0. The third-order valence-electron chi connectivity index (χ3n) is 4.14. The Morgan fingerprint density at radius 3 is 2.83 bits per heavy atom. The molecule has 2 aliphatic rings. The molecule has 3 rings (SSSR count). The summed E-state index contributed by atoms with van der Waals surface area (Å²) in [6.07, 6.45) is 2.45. The number of nitrogens with one attached hydrogen (secondary N) is 1. The second kappa shape index (κ2) is 6.74. The number of likely N-dealkylation sites (tertiary alicyclic amines) is 1. The fraction of sp³-hybridized carbons (Fsp3) is 0.471. The molecule has 6 heteroatoms. The summed E-state index contributed by atoms with van der Waals surface area (Å²) in [6.45, 7) is 5.86. The molecule has 5 nitrogen and oxygen atoms in total. The summed E-state index contributed by atoms with van der Waals surface area (Å²) in [4.78, 5) is 30.6. The standard InChI is InChI=1S/C17H21N3O2S/c1-11-5-6-12(2)13(9-11)18-15(21)10-14-16(22)19-17(23-14)20-7-3-4-8-20/h5-6,9,14H,3-4,7-8,10H2,1-2H3,(H,18,21)/t14-/m1/s1. The zero-order valence-corrected chi connectivity index (χ0v) is 14.3. The zero-order valence-electron chi connectivity index (χ0n) is 13.5. The highest BCUT2D eigenvalue weighted by molar-refractivity contribution is 8.15. The number of aliphatic imine (C=N–C) groups is 1. The van der Waals surface area contributed by atoms with Crippen LogP contribution in [0.1, 0.15) is 30.4 Å². The first kappa shape index (κ1) is 16.1. The molecule has 0 bridgehead atoms. The SMILES string of the molecule is Cc1ccc(C)c(NC(=O)C[C@H]2SC(N3CCCC3)=NC2=O)c1. The molecule has 0 spiro atoms. The number of aryl methyl sites for hydroxylation is 2. The minimum atomic E-state index is -0.393. The molecule has 23 heavy (non-hydrogen) atoms. The van der Waals surface area contributed by atoms with Crippen molar-refractivity contribution in [2.75, 3.05) is 18.4 Å². The van der Waals surface area contributed by atoms with E-state index in [0.717, 1.165) is 47.9 Å². The highest BCUT2D eigenvalue weighted by atomic mass is 32.2. The first-order valence-electron chi connectivity index (χ1n) is 7.94. The third kappa shape index (κ3) is 3.75. The Morgan fingerprint density at radius 2 is 2.09 bits per heavy atom. The molecule has 1 atom stereocenters. The van der Waals surface area contributed by atoms with E-state index in [0.29, 0.717) is 0 Å². The van der Waals surface area contributed by atoms with Crippen molar-refractivity contribution in [3.8, 4) is 0 Å². The number of hydrogen-bond acceptors (Lipinski definition) is 4. The van der Waals surface area contributed by atoms with Gasteiger partial charge in [-0.3, -0.25) is 9.59 Å². The van der Waals surface area contributed by atoms with E-state index in [9.17, 15) is 9.59 Å². The monoisotopic (exact) mass is 331 g/mol. The number of anilines is 1. The molecule has 0 unspecified atom stereocenters. The molecule has 2 amide bonds. The fourth-order valence-corrected chi connectivity index (χ4v) is 3.91. The van der Waals surface area contributed by atoms with E-state index in [1.807, 2.05) is 32.0 Å². The van der Waals surface area contributed by atoms with Gasteiger partial charge in [-0.1, -0.05) is 23.9 Å². The highest BCUT2D eigenvalue weighted by Crippen LogP contribution is 2.29. The van der Waals surface area contributed by atoms with Crippen molar-refractivity contribution < 1.29 is 9.59 Å². The van der Waals surface area contributed by atoms with Gasteiger partial charge in [0.1, 0.15) is 5.25 Å². The number of nitrogens with zero attached hydrogens (tertiary/aromatic N) is 2. The molecular formula is C17H21N3O2S. The Labute approximate surface area is 140 Å². The van der Waals surface area contributed by atoms with Gasteiger partial charge < -0.3 is 10.2 Å². The van der Waals surface area contributed by atoms with E-state index in [1.165, 1.54) is 11.8 Å². The normalized spacial score (nSPS) is 20.8. The topological polar surface area (TPSA) is 61.8 Å². The molecule has 0 aliphatic carbocycles. The Hall–Kier alpha value is -1.82. The van der Waals surface area contributed by atoms with Gasteiger partial charge >= 0.3 is 0 Å². The molecule has 1 fully saturated rings. The number of thioether (sulfide) groups is 1. The van der Waals surface area contributed by atoms with Crippen LogP contribution in [0.3, 0.4) is 0 Å². The van der Waals surface area contributed by atoms with E-state index >= 15 is 0 Å². The summed E-state index contributed by atoms with van der Waals surface area (Å²) >= 11 is 1.43. The molecule has 1 aromatic carbocycles. The van der Waals surface area contributed by atoms with Crippen LogP contribution in [0.2, 0.25) is 0 Å². The predicted molar refractivity (Wildman–Crippen MR) is 93.8 cm³/mol. The van der Waals surface area contributed by atoms with Gasteiger partial charge in [-0.05, 0) is 43.9 Å². The number of amides is 2. The van der Waals surface area contributed by atoms with Crippen LogP contribution in [0, 0.1) is 13.8 Å². The number of hydrogen-bond donors (Lipinski definition) is 1. The van der Waals surface area contributed by atoms with Crippen LogP contribution in [0.5, 0.6) is 0 Å². The van der Waals surface area contributed by atoms with Crippen molar-refractivity contribution in [2.24, 2.45) is 4.99 Å². The van der Waals surface area contributed by atoms with E-state index in [2.05, 4.69) is 15.2 Å². The lowest BCUT2D eigenvalue weighted by Gasteiger charge is -2.16. The van der Waals surface area contributed by atoms with Crippen LogP contribution in [-0.4, -0.2) is 40.2 Å². The zero-order chi connectivity index (χ0) is 16.4. The lowest BCUT2D eigenvalue weighted by Crippen LogP contribution is -2.25. The fourth-order valence-electron chi connectivity index (χ4n) is 2.79. The second-order valence-electron chi connectivity index (χ2n) is 6.10. The van der Waals surface area contributed by atoms with Crippen LogP contribution in [0.25, 0.3) is 0 Å². The molecule has 0 saturated carbocycles. The van der Waals surface area contributed by atoms with E-state index < -0.39 is 5.25 Å². The van der Waals surface area contributed by atoms with E-state index in [4.69, 9.17) is 0 Å². The lowest BCUT2D eigenvalue weighted by molar-refractivity contribution is -0.121. The lowest BCUT2D eigenvalue weighted by atomic mass is 10.1. The summed E-state index contributed by atoms with van der Waals surface area (Å²) in [5.41, 5.74) is 2.92. The summed E-state index contributed by atoms with van der Waals surface area (Å²) in [6, 6.07) is 5.94. The smallest absolute Gasteiger partial charge is 0.262 e. The van der Waals surface area contributed by atoms with E-state index in [1.54, 1.807) is 0 Å². The summed E-state index contributed by atoms with van der Waals surface area (Å²) in [5.74, 6) is -0.324. The summed E-state index contributed by atoms with van der Waals surface area (Å²) in [5, 5.41) is 3.31. The Morgan fingerprint density at radius 1 is 1.35 bits per heavy atom. The van der Waals surface area contributed by atoms with Gasteiger partial charge in [-0.15, -0.1) is 0 Å². The maximum absolute atomic E-state index is 12.3. The van der Waals surface area contributed by atoms with E-state index in [-0.39, 0.29) is 18.2 Å². The quantitative estimate of drug-likeness (QED) is 0.925. The van der Waals surface area contributed by atoms with Crippen molar-refractivity contribution >= 4 is 34.4 Å². The van der Waals surface area contributed by atoms with Crippen molar-refractivity contribution in [1.29, 1.82) is 0 Å². The Balaban J connectivity index is 1.58. The first-order chi connectivity index (χ1) is 11.0. The molecule has 1 saturated heterocycles. The van der Waals surface area contributed by atoms with Gasteiger partial charge in [0.25, 0.3) is 5.91 Å². The largest absolute Gasteiger partial charge is 0.351 e. The van der Waals surface area contributed by atoms with Crippen LogP contribution >= 0.6 is 11.8 Å². The molecule has 2 heterocycles. The highest BCUT2D eigenvalue weighted by Gasteiger charge is 2.33. The van der Waals surface area contributed by atoms with Gasteiger partial charge in [0.2, 0.25) is 5.91 Å². The van der Waals surface area contributed by atoms with Gasteiger partial charge in [0, 0.05) is 25.2 Å². The number of carbonyl (C=O) groups excluding carboxylic acids is 2. The van der Waals surface area contributed by atoms with Crippen molar-refractivity contribution in [2.45, 2.75) is 38.4 Å². The first-order valence-corrected chi connectivity index (χ1v) is 8.82. The minimum Gasteiger partial charge on any atom is -0.351 e. The average Bonchev–Trinajstić information content (AvgIpc) is 3.13. The van der Waals surface area contributed by atoms with Gasteiger partial charge in [0.05, 0.1) is 0 Å².